The van der Waals surface area contributed by atoms with E-state index in [1.807, 2.05) is 0 Å². The van der Waals surface area contributed by atoms with Crippen LogP contribution in [0.5, 0.6) is 0 Å². The van der Waals surface area contributed by atoms with E-state index in [4.69, 9.17) is 20.0 Å². The summed E-state index contributed by atoms with van der Waals surface area (Å²) in [6.45, 7) is -0.560. The van der Waals surface area contributed by atoms with Crippen molar-refractivity contribution in [3.63, 3.8) is 0 Å². The second-order valence-corrected chi connectivity index (χ2v) is 5.49. The van der Waals surface area contributed by atoms with Gasteiger partial charge >= 0.3 is 5.97 Å². The Hall–Kier alpha value is -0.930. The molecule has 0 spiro atoms. The Labute approximate surface area is 136 Å². The van der Waals surface area contributed by atoms with Crippen LogP contribution in [-0.4, -0.2) is 100 Å². The summed E-state index contributed by atoms with van der Waals surface area (Å²) in [5, 5.41) is 48.9. The summed E-state index contributed by atoms with van der Waals surface area (Å²) in [6, 6.07) is 0. The van der Waals surface area contributed by atoms with E-state index in [1.165, 1.54) is 0 Å². The molecule has 2 aliphatic heterocycles. The van der Waals surface area contributed by atoms with Crippen molar-refractivity contribution in [2.24, 2.45) is 5.73 Å². The molecular weight excluding hydrogens is 332 g/mol. The molecule has 0 aromatic heterocycles. The van der Waals surface area contributed by atoms with E-state index < -0.39 is 67.8 Å². The first-order chi connectivity index (χ1) is 11.3. The third-order valence-corrected chi connectivity index (χ3v) is 3.90. The summed E-state index contributed by atoms with van der Waals surface area (Å²) in [5.41, 5.74) is 7.84. The molecule has 0 aromatic rings. The van der Waals surface area contributed by atoms with E-state index >= 15 is 0 Å². The first-order valence-corrected chi connectivity index (χ1v) is 7.20. The largest absolute Gasteiger partial charge is 0.467 e. The Bertz CT molecular complexity index is 438. The van der Waals surface area contributed by atoms with Gasteiger partial charge in [-0.1, -0.05) is 0 Å². The summed E-state index contributed by atoms with van der Waals surface area (Å²) >= 11 is 0. The lowest BCUT2D eigenvalue weighted by molar-refractivity contribution is -0.332. The number of aliphatic hydroxyl groups excluding tert-OH is 5. The normalized spacial score (nSPS) is 46.5. The van der Waals surface area contributed by atoms with Gasteiger partial charge in [0.1, 0.15) is 42.8 Å². The zero-order chi connectivity index (χ0) is 18.0. The predicted molar refractivity (Wildman–Crippen MR) is 72.6 cm³/mol. The van der Waals surface area contributed by atoms with Gasteiger partial charge in [0, 0.05) is 0 Å². The van der Waals surface area contributed by atoms with Gasteiger partial charge in [-0.25, -0.2) is 4.79 Å². The number of hydrogen-bond donors (Lipinski definition) is 7. The number of aliphatic hydroxyl groups is 5. The predicted octanol–water partition coefficient (Wildman–Crippen LogP) is -5.11. The Kier molecular flexibility index (Phi) is 6.44. The topological polar surface area (TPSA) is 193 Å². The van der Waals surface area contributed by atoms with Gasteiger partial charge < -0.3 is 45.5 Å². The molecule has 0 aromatic carbocycles. The summed E-state index contributed by atoms with van der Waals surface area (Å²) in [4.78, 5) is 16.6. The van der Waals surface area contributed by atoms with Crippen molar-refractivity contribution in [2.75, 3.05) is 13.7 Å². The quantitative estimate of drug-likeness (QED) is 0.238. The number of hydrogen-bond acceptors (Lipinski definition) is 12. The average Bonchev–Trinajstić information content (AvgIpc) is 2.58. The third-order valence-electron chi connectivity index (χ3n) is 3.90. The maximum absolute atomic E-state index is 11.6. The Morgan fingerprint density at radius 1 is 1.17 bits per heavy atom. The number of methoxy groups -OCH3 is 1. The highest BCUT2D eigenvalue weighted by molar-refractivity contribution is 5.75. The molecule has 8 N–H and O–H groups in total. The first-order valence-electron chi connectivity index (χ1n) is 7.20. The van der Waals surface area contributed by atoms with Crippen molar-refractivity contribution in [3.05, 3.63) is 0 Å². The van der Waals surface area contributed by atoms with Crippen LogP contribution in [0.3, 0.4) is 0 Å². The number of hydroxylamine groups is 1. The van der Waals surface area contributed by atoms with Crippen LogP contribution in [0.15, 0.2) is 0 Å². The van der Waals surface area contributed by atoms with Crippen molar-refractivity contribution in [3.8, 4) is 0 Å². The molecule has 2 heterocycles. The van der Waals surface area contributed by atoms with Gasteiger partial charge in [0.15, 0.2) is 12.4 Å². The van der Waals surface area contributed by atoms with Crippen molar-refractivity contribution in [1.29, 1.82) is 0 Å². The Morgan fingerprint density at radius 3 is 2.42 bits per heavy atom. The number of nitrogens with two attached hydrogens (primary N) is 1. The van der Waals surface area contributed by atoms with Crippen molar-refractivity contribution < 1.29 is 49.4 Å². The molecule has 24 heavy (non-hydrogen) atoms. The number of carbonyl (C=O) groups excluding carboxylic acids is 1. The third kappa shape index (κ3) is 3.67. The molecule has 12 heteroatoms. The number of nitrogens with one attached hydrogen (secondary N) is 1. The lowest BCUT2D eigenvalue weighted by Gasteiger charge is -2.44. The fourth-order valence-electron chi connectivity index (χ4n) is 2.46. The molecule has 12 nitrogen and oxygen atoms in total. The first kappa shape index (κ1) is 19.4. The van der Waals surface area contributed by atoms with Crippen LogP contribution in [0.2, 0.25) is 0 Å². The van der Waals surface area contributed by atoms with Gasteiger partial charge in [0.25, 0.3) is 0 Å². The summed E-state index contributed by atoms with van der Waals surface area (Å²) in [7, 11) is 1.05. The molecule has 9 unspecified atom stereocenters. The van der Waals surface area contributed by atoms with Gasteiger partial charge in [0.05, 0.1) is 13.7 Å². The Morgan fingerprint density at radius 2 is 1.83 bits per heavy atom. The summed E-state index contributed by atoms with van der Waals surface area (Å²) in [6.07, 6.45) is -13.2. The maximum atomic E-state index is 11.6. The zero-order valence-electron chi connectivity index (χ0n) is 12.8. The molecule has 140 valence electrons. The second-order valence-electron chi connectivity index (χ2n) is 5.49. The maximum Gasteiger partial charge on any atom is 0.337 e. The minimum Gasteiger partial charge on any atom is -0.467 e. The fourth-order valence-corrected chi connectivity index (χ4v) is 2.46. The zero-order valence-corrected chi connectivity index (χ0v) is 12.8. The second kappa shape index (κ2) is 7.97. The van der Waals surface area contributed by atoms with E-state index in [0.717, 1.165) is 7.11 Å². The molecule has 2 fully saturated rings. The van der Waals surface area contributed by atoms with Crippen LogP contribution in [0, 0.1) is 0 Å². The molecule has 2 rings (SSSR count). The standard InChI is InChI=1S/C12H22N2O10/c1-21-11(20)9-5(17)4(16)6(18)12(23-9)22-8-3(2-15)24-14-10(13)7(8)19/h3-10,12,14-19H,2,13H2,1H3. The molecule has 2 saturated heterocycles. The van der Waals surface area contributed by atoms with Crippen LogP contribution in [0.4, 0.5) is 0 Å². The van der Waals surface area contributed by atoms with Crippen molar-refractivity contribution >= 4 is 5.97 Å². The van der Waals surface area contributed by atoms with E-state index in [-0.39, 0.29) is 0 Å². The number of rotatable bonds is 4. The summed E-state index contributed by atoms with van der Waals surface area (Å²) < 4.78 is 15.0. The molecule has 0 saturated carbocycles. The number of ether oxygens (including phenoxy) is 3. The van der Waals surface area contributed by atoms with Gasteiger partial charge in [-0.3, -0.25) is 4.84 Å². The van der Waals surface area contributed by atoms with E-state index in [2.05, 4.69) is 10.2 Å². The molecule has 0 bridgehead atoms. The Balaban J connectivity index is 2.15. The molecule has 0 radical (unpaired) electrons. The van der Waals surface area contributed by atoms with Gasteiger partial charge in [-0.2, -0.15) is 5.48 Å². The minimum absolute atomic E-state index is 0.560. The highest BCUT2D eigenvalue weighted by Gasteiger charge is 2.50. The number of esters is 1. The van der Waals surface area contributed by atoms with Crippen LogP contribution >= 0.6 is 0 Å². The van der Waals surface area contributed by atoms with E-state index in [0.29, 0.717) is 0 Å². The smallest absolute Gasteiger partial charge is 0.337 e. The fraction of sp³-hybridized carbons (Fsp3) is 0.917. The van der Waals surface area contributed by atoms with Crippen molar-refractivity contribution in [1.82, 2.24) is 5.48 Å². The van der Waals surface area contributed by atoms with Crippen LogP contribution in [0.1, 0.15) is 0 Å². The number of carbonyl (C=O) groups is 1. The lowest BCUT2D eigenvalue weighted by Crippen LogP contribution is -2.67. The van der Waals surface area contributed by atoms with E-state index in [1.54, 1.807) is 0 Å². The van der Waals surface area contributed by atoms with Crippen molar-refractivity contribution in [2.45, 2.75) is 55.2 Å². The summed E-state index contributed by atoms with van der Waals surface area (Å²) in [5.74, 6) is -0.987. The highest BCUT2D eigenvalue weighted by atomic mass is 16.7. The lowest BCUT2D eigenvalue weighted by atomic mass is 9.98. The molecular formula is C12H22N2O10. The van der Waals surface area contributed by atoms with Gasteiger partial charge in [-0.15, -0.1) is 0 Å². The van der Waals surface area contributed by atoms with Crippen LogP contribution in [0.25, 0.3) is 0 Å². The van der Waals surface area contributed by atoms with Crippen LogP contribution in [-0.2, 0) is 23.8 Å². The van der Waals surface area contributed by atoms with Crippen LogP contribution < -0.4 is 11.2 Å². The molecule has 0 amide bonds. The monoisotopic (exact) mass is 354 g/mol. The minimum atomic E-state index is -1.77. The van der Waals surface area contributed by atoms with E-state index in [9.17, 15) is 30.3 Å². The average molecular weight is 354 g/mol. The van der Waals surface area contributed by atoms with Gasteiger partial charge in [0.2, 0.25) is 0 Å². The highest BCUT2D eigenvalue weighted by Crippen LogP contribution is 2.26. The molecule has 2 aliphatic rings. The van der Waals surface area contributed by atoms with Gasteiger partial charge in [-0.05, 0) is 0 Å². The molecule has 9 atom stereocenters. The molecule has 0 aliphatic carbocycles. The SMILES string of the molecule is COC(=O)C1OC(OC2C(CO)ONC(N)C2O)C(O)C(O)C1O.